The summed E-state index contributed by atoms with van der Waals surface area (Å²) < 4.78 is 30.2. The van der Waals surface area contributed by atoms with Crippen molar-refractivity contribution in [2.75, 3.05) is 12.9 Å². The molecule has 0 radical (unpaired) electrons. The van der Waals surface area contributed by atoms with Crippen molar-refractivity contribution < 1.29 is 23.1 Å². The molecule has 1 N–H and O–H groups in total. The largest absolute Gasteiger partial charge is 0.469 e. The van der Waals surface area contributed by atoms with E-state index in [1.54, 1.807) is 30.3 Å². The number of methoxy groups -OCH3 is 1. The molecule has 0 spiro atoms. The Hall–Kier alpha value is -2.48. The Morgan fingerprint density at radius 1 is 1.12 bits per heavy atom. The number of aliphatic hydroxyl groups excluding tert-OH is 1. The molecule has 0 fully saturated rings. The van der Waals surface area contributed by atoms with Crippen LogP contribution in [0.5, 0.6) is 0 Å². The highest BCUT2D eigenvalue weighted by Gasteiger charge is 2.43. The minimum atomic E-state index is -3.55. The fourth-order valence-electron chi connectivity index (χ4n) is 3.87. The number of hydrogen-bond donors (Lipinski definition) is 1. The second-order valence-electron chi connectivity index (χ2n) is 8.41. The molecule has 0 bridgehead atoms. The maximum Gasteiger partial charge on any atom is 0.311 e. The summed E-state index contributed by atoms with van der Waals surface area (Å²) in [5, 5.41) is 12.0. The first-order valence-corrected chi connectivity index (χ1v) is 15.2. The number of allylic oxidation sites excluding steroid dienone is 1. The number of carbonyl (C=O) groups excluding carboxylic acids is 1. The average Bonchev–Trinajstić information content (AvgIpc) is 2.77. The average molecular weight is 473 g/mol. The highest BCUT2D eigenvalue weighted by atomic mass is 32.2. The molecule has 32 heavy (non-hydrogen) atoms. The summed E-state index contributed by atoms with van der Waals surface area (Å²) in [7, 11) is -4.54. The first-order valence-electron chi connectivity index (χ1n) is 10.4. The molecule has 0 saturated carbocycles. The summed E-state index contributed by atoms with van der Waals surface area (Å²) >= 11 is 0. The zero-order valence-electron chi connectivity index (χ0n) is 19.1. The highest BCUT2D eigenvalue weighted by molar-refractivity contribution is 7.91. The van der Waals surface area contributed by atoms with Crippen molar-refractivity contribution >= 4 is 29.1 Å². The van der Waals surface area contributed by atoms with Crippen molar-refractivity contribution in [1.29, 1.82) is 0 Å². The minimum Gasteiger partial charge on any atom is -0.469 e. The van der Waals surface area contributed by atoms with E-state index >= 15 is 0 Å². The van der Waals surface area contributed by atoms with Crippen molar-refractivity contribution in [2.24, 2.45) is 5.92 Å². The number of aliphatic hydroxyl groups is 1. The normalized spacial score (nSPS) is 15.2. The molecule has 0 aromatic heterocycles. The Balaban J connectivity index is 2.29. The first-order chi connectivity index (χ1) is 15.0. The third kappa shape index (κ3) is 6.06. The van der Waals surface area contributed by atoms with Crippen LogP contribution in [0.25, 0.3) is 0 Å². The number of carbonyl (C=O) groups is 1. The Kier molecular flexibility index (Phi) is 8.78. The van der Waals surface area contributed by atoms with Gasteiger partial charge in [0.2, 0.25) is 0 Å². The Labute approximate surface area is 192 Å². The van der Waals surface area contributed by atoms with Gasteiger partial charge in [-0.15, -0.1) is 6.58 Å². The van der Waals surface area contributed by atoms with Gasteiger partial charge in [-0.3, -0.25) is 4.79 Å². The molecule has 2 aromatic rings. The minimum absolute atomic E-state index is 0.216. The van der Waals surface area contributed by atoms with Crippen LogP contribution in [0.3, 0.4) is 0 Å². The lowest BCUT2D eigenvalue weighted by molar-refractivity contribution is -0.148. The fourth-order valence-corrected chi connectivity index (χ4v) is 8.23. The fraction of sp³-hybridized carbons (Fsp3) is 0.320. The van der Waals surface area contributed by atoms with E-state index in [1.807, 2.05) is 37.3 Å². The van der Waals surface area contributed by atoms with E-state index in [2.05, 4.69) is 19.7 Å². The zero-order valence-corrected chi connectivity index (χ0v) is 20.9. The second-order valence-corrected chi connectivity index (χ2v) is 15.1. The summed E-state index contributed by atoms with van der Waals surface area (Å²) in [6.07, 6.45) is 3.27. The molecule has 2 unspecified atom stereocenters. The molecule has 0 heterocycles. The van der Waals surface area contributed by atoms with E-state index < -0.39 is 35.9 Å². The molecule has 0 amide bonds. The molecule has 0 saturated heterocycles. The van der Waals surface area contributed by atoms with E-state index in [0.29, 0.717) is 0 Å². The predicted octanol–water partition coefficient (Wildman–Crippen LogP) is 3.65. The maximum absolute atomic E-state index is 12.7. The zero-order chi connectivity index (χ0) is 23.9. The quantitative estimate of drug-likeness (QED) is 0.324. The van der Waals surface area contributed by atoms with Crippen LogP contribution in [-0.4, -0.2) is 46.5 Å². The molecule has 0 aliphatic carbocycles. The predicted molar refractivity (Wildman–Crippen MR) is 131 cm³/mol. The van der Waals surface area contributed by atoms with Crippen LogP contribution in [0.15, 0.2) is 84.3 Å². The van der Waals surface area contributed by atoms with Gasteiger partial charge in [-0.05, 0) is 24.6 Å². The van der Waals surface area contributed by atoms with E-state index in [-0.39, 0.29) is 16.2 Å². The monoisotopic (exact) mass is 472 g/mol. The van der Waals surface area contributed by atoms with Crippen LogP contribution in [0.1, 0.15) is 5.56 Å². The second kappa shape index (κ2) is 10.9. The lowest BCUT2D eigenvalue weighted by Crippen LogP contribution is -2.51. The summed E-state index contributed by atoms with van der Waals surface area (Å²) in [5.41, 5.74) is 0.641. The molecular weight excluding hydrogens is 440 g/mol. The molecule has 2 aromatic carbocycles. The number of ether oxygens (including phenoxy) is 1. The van der Waals surface area contributed by atoms with Gasteiger partial charge in [0.25, 0.3) is 0 Å². The van der Waals surface area contributed by atoms with Gasteiger partial charge in [-0.2, -0.15) is 0 Å². The van der Waals surface area contributed by atoms with Crippen molar-refractivity contribution in [3.8, 4) is 0 Å². The highest BCUT2D eigenvalue weighted by Crippen LogP contribution is 2.35. The standard InChI is InChI=1S/C25H32O5SSi/c1-6-23(32(4,5)21-11-8-7-9-12-21)24(25(27)30-3)22(26)13-10-18-31(28,29)20-16-14-19(2)15-17-20/h6-17,22-24,26H,1,18H2,2-5H3/b13-10+/t22?,23-,24?/m1/s1. The number of esters is 1. The summed E-state index contributed by atoms with van der Waals surface area (Å²) in [5.74, 6) is -1.72. The van der Waals surface area contributed by atoms with Gasteiger partial charge in [-0.25, -0.2) is 8.42 Å². The summed E-state index contributed by atoms with van der Waals surface area (Å²) in [4.78, 5) is 12.9. The number of benzene rings is 2. The van der Waals surface area contributed by atoms with E-state index in [9.17, 15) is 18.3 Å². The third-order valence-electron chi connectivity index (χ3n) is 5.86. The van der Waals surface area contributed by atoms with Gasteiger partial charge in [0.05, 0.1) is 37.9 Å². The van der Waals surface area contributed by atoms with Crippen molar-refractivity contribution in [2.45, 2.75) is 36.6 Å². The van der Waals surface area contributed by atoms with Crippen molar-refractivity contribution in [3.05, 3.63) is 85.0 Å². The Bertz CT molecular complexity index is 1040. The lowest BCUT2D eigenvalue weighted by Gasteiger charge is -2.36. The van der Waals surface area contributed by atoms with Crippen LogP contribution in [0.2, 0.25) is 18.6 Å². The maximum atomic E-state index is 12.7. The molecule has 0 aliphatic heterocycles. The Morgan fingerprint density at radius 2 is 1.72 bits per heavy atom. The van der Waals surface area contributed by atoms with Crippen molar-refractivity contribution in [3.63, 3.8) is 0 Å². The lowest BCUT2D eigenvalue weighted by atomic mass is 9.97. The van der Waals surface area contributed by atoms with Gasteiger partial charge in [0.1, 0.15) is 0 Å². The number of rotatable bonds is 10. The molecule has 2 rings (SSSR count). The van der Waals surface area contributed by atoms with Crippen LogP contribution in [0.4, 0.5) is 0 Å². The van der Waals surface area contributed by atoms with Gasteiger partial charge >= 0.3 is 5.97 Å². The van der Waals surface area contributed by atoms with Gasteiger partial charge in [0, 0.05) is 0 Å². The van der Waals surface area contributed by atoms with Gasteiger partial charge in [-0.1, -0.05) is 84.5 Å². The smallest absolute Gasteiger partial charge is 0.311 e. The van der Waals surface area contributed by atoms with Crippen LogP contribution < -0.4 is 5.19 Å². The van der Waals surface area contributed by atoms with E-state index in [1.165, 1.54) is 19.3 Å². The SMILES string of the molecule is C=C[C@H](C(C(=O)OC)C(O)/C=C/CS(=O)(=O)c1ccc(C)cc1)[Si](C)(C)c1ccccc1. The molecule has 0 aliphatic rings. The summed E-state index contributed by atoms with van der Waals surface area (Å²) in [6.45, 7) is 10.0. The molecule has 5 nitrogen and oxygen atoms in total. The Morgan fingerprint density at radius 3 is 2.25 bits per heavy atom. The van der Waals surface area contributed by atoms with Crippen molar-refractivity contribution in [1.82, 2.24) is 0 Å². The van der Waals surface area contributed by atoms with Crippen LogP contribution >= 0.6 is 0 Å². The number of sulfone groups is 1. The topological polar surface area (TPSA) is 80.7 Å². The molecular formula is C25H32O5SSi. The number of aryl methyl sites for hydroxylation is 1. The molecule has 172 valence electrons. The van der Waals surface area contributed by atoms with Crippen LogP contribution in [-0.2, 0) is 19.4 Å². The first kappa shape index (κ1) is 25.8. The van der Waals surface area contributed by atoms with E-state index in [0.717, 1.165) is 10.8 Å². The van der Waals surface area contributed by atoms with Gasteiger partial charge in [0.15, 0.2) is 9.84 Å². The number of hydrogen-bond acceptors (Lipinski definition) is 5. The van der Waals surface area contributed by atoms with E-state index in [4.69, 9.17) is 4.74 Å². The van der Waals surface area contributed by atoms with Gasteiger partial charge < -0.3 is 9.84 Å². The molecule has 3 atom stereocenters. The molecule has 7 heteroatoms. The third-order valence-corrected chi connectivity index (χ3v) is 11.6. The van der Waals surface area contributed by atoms with Crippen LogP contribution in [0, 0.1) is 12.8 Å². The summed E-state index contributed by atoms with van der Waals surface area (Å²) in [6, 6.07) is 16.5.